The van der Waals surface area contributed by atoms with E-state index in [1.807, 2.05) is 9.80 Å². The number of hydrogen-bond donors (Lipinski definition) is 0. The highest BCUT2D eigenvalue weighted by molar-refractivity contribution is 5.88. The predicted octanol–water partition coefficient (Wildman–Crippen LogP) is 1.74. The molecule has 3 saturated heterocycles. The molecular weight excluding hydrogens is 330 g/mol. The smallest absolute Gasteiger partial charge is 0.245 e. The lowest BCUT2D eigenvalue weighted by molar-refractivity contribution is -0.146. The number of rotatable bonds is 3. The Morgan fingerprint density at radius 2 is 1.62 bits per heavy atom. The SMILES string of the molecule is CC(C)(C)CC(=O)N1CCCC1C(=O)N1CCN(C2CCOCC2)CC1. The number of nitrogens with zero attached hydrogens (tertiary/aromatic N) is 3. The summed E-state index contributed by atoms with van der Waals surface area (Å²) in [6, 6.07) is 0.372. The van der Waals surface area contributed by atoms with E-state index in [0.717, 1.165) is 71.6 Å². The third kappa shape index (κ3) is 4.77. The molecule has 0 aromatic rings. The Morgan fingerprint density at radius 3 is 2.23 bits per heavy atom. The van der Waals surface area contributed by atoms with Gasteiger partial charge in [0.2, 0.25) is 11.8 Å². The molecule has 6 heteroatoms. The summed E-state index contributed by atoms with van der Waals surface area (Å²) in [5.41, 5.74) is -0.0391. The van der Waals surface area contributed by atoms with Crippen molar-refractivity contribution in [1.29, 1.82) is 0 Å². The molecule has 26 heavy (non-hydrogen) atoms. The van der Waals surface area contributed by atoms with Crippen LogP contribution in [0, 0.1) is 5.41 Å². The van der Waals surface area contributed by atoms with Gasteiger partial charge >= 0.3 is 0 Å². The van der Waals surface area contributed by atoms with E-state index < -0.39 is 0 Å². The first-order chi connectivity index (χ1) is 12.3. The van der Waals surface area contributed by atoms with Crippen molar-refractivity contribution in [1.82, 2.24) is 14.7 Å². The van der Waals surface area contributed by atoms with Crippen LogP contribution >= 0.6 is 0 Å². The van der Waals surface area contributed by atoms with Gasteiger partial charge in [0.1, 0.15) is 6.04 Å². The fourth-order valence-electron chi connectivity index (χ4n) is 4.45. The average Bonchev–Trinajstić information content (AvgIpc) is 3.10. The van der Waals surface area contributed by atoms with Gasteiger partial charge in [-0.15, -0.1) is 0 Å². The summed E-state index contributed by atoms with van der Waals surface area (Å²) >= 11 is 0. The van der Waals surface area contributed by atoms with Crippen LogP contribution in [0.25, 0.3) is 0 Å². The normalized spacial score (nSPS) is 26.3. The molecule has 2 amide bonds. The first-order valence-electron chi connectivity index (χ1n) is 10.3. The number of carbonyl (C=O) groups excluding carboxylic acids is 2. The quantitative estimate of drug-likeness (QED) is 0.764. The van der Waals surface area contributed by atoms with Crippen LogP contribution in [0.15, 0.2) is 0 Å². The van der Waals surface area contributed by atoms with E-state index in [1.54, 1.807) is 0 Å². The van der Waals surface area contributed by atoms with Gasteiger partial charge in [0.25, 0.3) is 0 Å². The molecule has 0 bridgehead atoms. The zero-order chi connectivity index (χ0) is 18.7. The first-order valence-corrected chi connectivity index (χ1v) is 10.3. The third-order valence-corrected chi connectivity index (χ3v) is 5.87. The van der Waals surface area contributed by atoms with E-state index in [0.29, 0.717) is 12.5 Å². The molecule has 1 atom stereocenters. The van der Waals surface area contributed by atoms with Crippen LogP contribution in [0.5, 0.6) is 0 Å². The summed E-state index contributed by atoms with van der Waals surface area (Å²) in [4.78, 5) is 32.1. The standard InChI is InChI=1S/C20H35N3O3/c1-20(2,3)15-18(24)23-8-4-5-17(23)19(25)22-11-9-21(10-12-22)16-6-13-26-14-7-16/h16-17H,4-15H2,1-3H3. The molecule has 1 unspecified atom stereocenters. The van der Waals surface area contributed by atoms with Crippen LogP contribution < -0.4 is 0 Å². The minimum Gasteiger partial charge on any atom is -0.381 e. The molecule has 0 saturated carbocycles. The van der Waals surface area contributed by atoms with Crippen LogP contribution in [-0.4, -0.2) is 84.5 Å². The Morgan fingerprint density at radius 1 is 0.962 bits per heavy atom. The second-order valence-corrected chi connectivity index (χ2v) is 9.19. The Bertz CT molecular complexity index is 503. The van der Waals surface area contributed by atoms with E-state index in [2.05, 4.69) is 25.7 Å². The van der Waals surface area contributed by atoms with Crippen LogP contribution in [0.2, 0.25) is 0 Å². The molecule has 0 radical (unpaired) electrons. The largest absolute Gasteiger partial charge is 0.381 e. The van der Waals surface area contributed by atoms with Crippen molar-refractivity contribution < 1.29 is 14.3 Å². The summed E-state index contributed by atoms with van der Waals surface area (Å²) in [6.45, 7) is 12.1. The first kappa shape index (κ1) is 19.6. The van der Waals surface area contributed by atoms with Crippen molar-refractivity contribution >= 4 is 11.8 Å². The maximum absolute atomic E-state index is 13.1. The average molecular weight is 366 g/mol. The number of piperazine rings is 1. The fourth-order valence-corrected chi connectivity index (χ4v) is 4.45. The Balaban J connectivity index is 1.53. The highest BCUT2D eigenvalue weighted by Gasteiger charge is 2.38. The molecule has 3 aliphatic heterocycles. The van der Waals surface area contributed by atoms with Gasteiger partial charge in [0.05, 0.1) is 0 Å². The van der Waals surface area contributed by atoms with E-state index >= 15 is 0 Å². The topological polar surface area (TPSA) is 53.1 Å². The van der Waals surface area contributed by atoms with E-state index in [9.17, 15) is 9.59 Å². The molecule has 148 valence electrons. The van der Waals surface area contributed by atoms with E-state index in [4.69, 9.17) is 4.74 Å². The summed E-state index contributed by atoms with van der Waals surface area (Å²) < 4.78 is 5.46. The molecule has 6 nitrogen and oxygen atoms in total. The minimum absolute atomic E-state index is 0.0391. The lowest BCUT2D eigenvalue weighted by Crippen LogP contribution is -2.56. The van der Waals surface area contributed by atoms with Crippen LogP contribution in [0.3, 0.4) is 0 Å². The molecule has 0 N–H and O–H groups in total. The molecule has 3 fully saturated rings. The Kier molecular flexibility index (Phi) is 6.23. The van der Waals surface area contributed by atoms with Crippen LogP contribution in [0.4, 0.5) is 0 Å². The summed E-state index contributed by atoms with van der Waals surface area (Å²) in [5, 5.41) is 0. The molecule has 3 aliphatic rings. The fraction of sp³-hybridized carbons (Fsp3) is 0.900. The number of ether oxygens (including phenoxy) is 1. The van der Waals surface area contributed by atoms with Gasteiger partial charge < -0.3 is 14.5 Å². The van der Waals surface area contributed by atoms with Crippen LogP contribution in [0.1, 0.15) is 52.9 Å². The van der Waals surface area contributed by atoms with Gasteiger partial charge in [0, 0.05) is 58.4 Å². The van der Waals surface area contributed by atoms with E-state index in [1.165, 1.54) is 0 Å². The van der Waals surface area contributed by atoms with Crippen molar-refractivity contribution in [2.45, 2.75) is 65.0 Å². The van der Waals surface area contributed by atoms with Gasteiger partial charge in [0.15, 0.2) is 0 Å². The maximum atomic E-state index is 13.1. The molecule has 0 aromatic heterocycles. The molecule has 3 heterocycles. The summed E-state index contributed by atoms with van der Waals surface area (Å²) in [7, 11) is 0. The highest BCUT2D eigenvalue weighted by atomic mass is 16.5. The summed E-state index contributed by atoms with van der Waals surface area (Å²) in [6.07, 6.45) is 4.47. The predicted molar refractivity (Wildman–Crippen MR) is 101 cm³/mol. The molecule has 0 spiro atoms. The summed E-state index contributed by atoms with van der Waals surface area (Å²) in [5.74, 6) is 0.297. The molecule has 0 aromatic carbocycles. The molecule has 0 aliphatic carbocycles. The number of carbonyl (C=O) groups is 2. The number of amides is 2. The molecule has 3 rings (SSSR count). The van der Waals surface area contributed by atoms with Crippen molar-refractivity contribution in [3.8, 4) is 0 Å². The second kappa shape index (κ2) is 8.26. The minimum atomic E-state index is -0.237. The third-order valence-electron chi connectivity index (χ3n) is 5.87. The Hall–Kier alpha value is -1.14. The van der Waals surface area contributed by atoms with Gasteiger partial charge in [-0.1, -0.05) is 20.8 Å². The van der Waals surface area contributed by atoms with Crippen molar-refractivity contribution in [2.24, 2.45) is 5.41 Å². The lowest BCUT2D eigenvalue weighted by Gasteiger charge is -2.41. The highest BCUT2D eigenvalue weighted by Crippen LogP contribution is 2.26. The monoisotopic (exact) mass is 365 g/mol. The number of likely N-dealkylation sites (tertiary alicyclic amines) is 1. The zero-order valence-corrected chi connectivity index (χ0v) is 16.7. The molecular formula is C20H35N3O3. The maximum Gasteiger partial charge on any atom is 0.245 e. The van der Waals surface area contributed by atoms with Crippen molar-refractivity contribution in [3.05, 3.63) is 0 Å². The van der Waals surface area contributed by atoms with Gasteiger partial charge in [-0.05, 0) is 31.1 Å². The van der Waals surface area contributed by atoms with Gasteiger partial charge in [-0.25, -0.2) is 0 Å². The van der Waals surface area contributed by atoms with Crippen molar-refractivity contribution in [3.63, 3.8) is 0 Å². The van der Waals surface area contributed by atoms with Gasteiger partial charge in [-0.2, -0.15) is 0 Å². The second-order valence-electron chi connectivity index (χ2n) is 9.19. The van der Waals surface area contributed by atoms with Crippen LogP contribution in [-0.2, 0) is 14.3 Å². The number of hydrogen-bond acceptors (Lipinski definition) is 4. The zero-order valence-electron chi connectivity index (χ0n) is 16.7. The van der Waals surface area contributed by atoms with E-state index in [-0.39, 0.29) is 23.3 Å². The lowest BCUT2D eigenvalue weighted by atomic mass is 9.91. The van der Waals surface area contributed by atoms with Gasteiger partial charge in [-0.3, -0.25) is 14.5 Å². The van der Waals surface area contributed by atoms with Crippen molar-refractivity contribution in [2.75, 3.05) is 45.9 Å². The Labute approximate surface area is 157 Å².